The molecule has 0 saturated heterocycles. The quantitative estimate of drug-likeness (QED) is 0.616. The average molecular weight is 353 g/mol. The highest BCUT2D eigenvalue weighted by Crippen LogP contribution is 2.40. The first-order valence-electron chi connectivity index (χ1n) is 8.41. The van der Waals surface area contributed by atoms with Crippen molar-refractivity contribution in [2.24, 2.45) is 10.9 Å². The number of allylic oxidation sites excluding steroid dienone is 1. The Morgan fingerprint density at radius 3 is 2.54 bits per heavy atom. The minimum Gasteiger partial charge on any atom is -0.468 e. The maximum Gasteiger partial charge on any atom is 0.336 e. The fourth-order valence-corrected chi connectivity index (χ4v) is 3.19. The van der Waals surface area contributed by atoms with Gasteiger partial charge in [-0.1, -0.05) is 18.1 Å². The largest absolute Gasteiger partial charge is 0.468 e. The normalized spacial score (nSPS) is 19.7. The molecule has 1 aromatic rings. The van der Waals surface area contributed by atoms with Crippen molar-refractivity contribution in [1.82, 2.24) is 0 Å². The predicted molar refractivity (Wildman–Crippen MR) is 99.7 cm³/mol. The summed E-state index contributed by atoms with van der Waals surface area (Å²) in [6.45, 7) is 7.05. The van der Waals surface area contributed by atoms with Gasteiger partial charge in [0.15, 0.2) is 0 Å². The smallest absolute Gasteiger partial charge is 0.336 e. The zero-order chi connectivity index (χ0) is 19.4. The SMILES string of the molecule is C#Cc1cccc(C2C(C(=O)OC(C)C)=C(C)N=C(C)C2C(=O)OC)c1. The molecule has 0 saturated carbocycles. The highest BCUT2D eigenvalue weighted by atomic mass is 16.5. The van der Waals surface area contributed by atoms with Gasteiger partial charge in [-0.2, -0.15) is 0 Å². The second-order valence-electron chi connectivity index (χ2n) is 6.45. The van der Waals surface area contributed by atoms with E-state index >= 15 is 0 Å². The Kier molecular flexibility index (Phi) is 5.99. The number of carbonyl (C=O) groups is 2. The van der Waals surface area contributed by atoms with Crippen molar-refractivity contribution >= 4 is 17.7 Å². The molecule has 0 aromatic heterocycles. The molecule has 1 aliphatic rings. The molecule has 1 heterocycles. The summed E-state index contributed by atoms with van der Waals surface area (Å²) in [5.74, 6) is 0.357. The van der Waals surface area contributed by atoms with Gasteiger partial charge in [-0.25, -0.2) is 4.79 Å². The number of ether oxygens (including phenoxy) is 2. The van der Waals surface area contributed by atoms with Gasteiger partial charge < -0.3 is 9.47 Å². The molecule has 0 bridgehead atoms. The molecule has 0 aliphatic carbocycles. The first-order valence-corrected chi connectivity index (χ1v) is 8.41. The van der Waals surface area contributed by atoms with E-state index in [0.29, 0.717) is 22.5 Å². The molecule has 2 unspecified atom stereocenters. The van der Waals surface area contributed by atoms with Crippen LogP contribution in [-0.2, 0) is 19.1 Å². The lowest BCUT2D eigenvalue weighted by molar-refractivity contribution is -0.145. The highest BCUT2D eigenvalue weighted by molar-refractivity contribution is 6.07. The van der Waals surface area contributed by atoms with Crippen LogP contribution in [0.3, 0.4) is 0 Å². The molecule has 0 spiro atoms. The molecule has 0 fully saturated rings. The molecule has 5 heteroatoms. The summed E-state index contributed by atoms with van der Waals surface area (Å²) in [6, 6.07) is 7.24. The number of benzene rings is 1. The fourth-order valence-electron chi connectivity index (χ4n) is 3.19. The number of carbonyl (C=O) groups excluding carboxylic acids is 2. The molecule has 2 rings (SSSR count). The van der Waals surface area contributed by atoms with Crippen LogP contribution >= 0.6 is 0 Å². The van der Waals surface area contributed by atoms with Gasteiger partial charge in [-0.05, 0) is 45.4 Å². The fraction of sp³-hybridized carbons (Fsp3) is 0.381. The van der Waals surface area contributed by atoms with E-state index in [0.717, 1.165) is 5.56 Å². The van der Waals surface area contributed by atoms with Gasteiger partial charge in [0, 0.05) is 22.9 Å². The highest BCUT2D eigenvalue weighted by Gasteiger charge is 2.42. The second-order valence-corrected chi connectivity index (χ2v) is 6.45. The van der Waals surface area contributed by atoms with Gasteiger partial charge in [0.2, 0.25) is 0 Å². The van der Waals surface area contributed by atoms with Crippen molar-refractivity contribution < 1.29 is 19.1 Å². The van der Waals surface area contributed by atoms with Gasteiger partial charge >= 0.3 is 11.9 Å². The molecule has 1 aliphatic heterocycles. The van der Waals surface area contributed by atoms with E-state index in [9.17, 15) is 9.59 Å². The van der Waals surface area contributed by atoms with E-state index in [1.807, 2.05) is 6.07 Å². The molecule has 136 valence electrons. The number of hydrogen-bond acceptors (Lipinski definition) is 5. The number of nitrogens with zero attached hydrogens (tertiary/aromatic N) is 1. The maximum absolute atomic E-state index is 12.8. The topological polar surface area (TPSA) is 65.0 Å². The maximum atomic E-state index is 12.8. The van der Waals surface area contributed by atoms with Crippen molar-refractivity contribution in [2.75, 3.05) is 7.11 Å². The van der Waals surface area contributed by atoms with Gasteiger partial charge in [0.25, 0.3) is 0 Å². The van der Waals surface area contributed by atoms with Crippen LogP contribution in [0.5, 0.6) is 0 Å². The Morgan fingerprint density at radius 2 is 1.96 bits per heavy atom. The van der Waals surface area contributed by atoms with Crippen molar-refractivity contribution in [3.63, 3.8) is 0 Å². The van der Waals surface area contributed by atoms with Crippen LogP contribution < -0.4 is 0 Å². The van der Waals surface area contributed by atoms with E-state index in [1.165, 1.54) is 7.11 Å². The molecule has 26 heavy (non-hydrogen) atoms. The summed E-state index contributed by atoms with van der Waals surface area (Å²) in [5.41, 5.74) is 2.89. The molecular formula is C21H23NO4. The minimum absolute atomic E-state index is 0.288. The van der Waals surface area contributed by atoms with E-state index in [-0.39, 0.29) is 6.10 Å². The van der Waals surface area contributed by atoms with Crippen molar-refractivity contribution in [3.8, 4) is 12.3 Å². The summed E-state index contributed by atoms with van der Waals surface area (Å²) in [5, 5.41) is 0. The molecule has 0 amide bonds. The van der Waals surface area contributed by atoms with E-state index in [2.05, 4.69) is 10.9 Å². The number of hydrogen-bond donors (Lipinski definition) is 0. The van der Waals surface area contributed by atoms with Gasteiger partial charge in [-0.3, -0.25) is 9.79 Å². The van der Waals surface area contributed by atoms with E-state index in [4.69, 9.17) is 15.9 Å². The monoisotopic (exact) mass is 353 g/mol. The third-order valence-electron chi connectivity index (χ3n) is 4.26. The van der Waals surface area contributed by atoms with Crippen molar-refractivity contribution in [2.45, 2.75) is 39.7 Å². The first-order chi connectivity index (χ1) is 12.3. The Hall–Kier alpha value is -2.87. The van der Waals surface area contributed by atoms with Crippen LogP contribution in [0.15, 0.2) is 40.5 Å². The number of terminal acetylenes is 1. The lowest BCUT2D eigenvalue weighted by Gasteiger charge is -2.31. The number of aliphatic imine (C=N–C) groups is 1. The van der Waals surface area contributed by atoms with Crippen LogP contribution in [0.1, 0.15) is 44.7 Å². The molecular weight excluding hydrogens is 330 g/mol. The van der Waals surface area contributed by atoms with Gasteiger partial charge in [0.05, 0.1) is 18.8 Å². The third kappa shape index (κ3) is 3.85. The lowest BCUT2D eigenvalue weighted by Crippen LogP contribution is -2.36. The Labute approximate surface area is 154 Å². The first kappa shape index (κ1) is 19.5. The predicted octanol–water partition coefficient (Wildman–Crippen LogP) is 3.24. The summed E-state index contributed by atoms with van der Waals surface area (Å²) in [4.78, 5) is 29.7. The number of esters is 2. The number of rotatable bonds is 4. The summed E-state index contributed by atoms with van der Waals surface area (Å²) in [7, 11) is 1.32. The molecule has 1 aromatic carbocycles. The van der Waals surface area contributed by atoms with Crippen LogP contribution in [0.4, 0.5) is 0 Å². The zero-order valence-electron chi connectivity index (χ0n) is 15.7. The zero-order valence-corrected chi connectivity index (χ0v) is 15.7. The summed E-state index contributed by atoms with van der Waals surface area (Å²) < 4.78 is 10.4. The molecule has 5 nitrogen and oxygen atoms in total. The Morgan fingerprint density at radius 1 is 1.27 bits per heavy atom. The van der Waals surface area contributed by atoms with Crippen molar-refractivity contribution in [3.05, 3.63) is 46.7 Å². The van der Waals surface area contributed by atoms with Gasteiger partial charge in [-0.15, -0.1) is 6.42 Å². The number of methoxy groups -OCH3 is 1. The molecule has 2 atom stereocenters. The van der Waals surface area contributed by atoms with Crippen LogP contribution in [0.2, 0.25) is 0 Å². The third-order valence-corrected chi connectivity index (χ3v) is 4.26. The van der Waals surface area contributed by atoms with Crippen molar-refractivity contribution in [1.29, 1.82) is 0 Å². The van der Waals surface area contributed by atoms with Crippen LogP contribution in [-0.4, -0.2) is 30.9 Å². The summed E-state index contributed by atoms with van der Waals surface area (Å²) >= 11 is 0. The summed E-state index contributed by atoms with van der Waals surface area (Å²) in [6.07, 6.45) is 5.23. The Balaban J connectivity index is 2.67. The Bertz CT molecular complexity index is 827. The molecule has 0 radical (unpaired) electrons. The second kappa shape index (κ2) is 8.01. The van der Waals surface area contributed by atoms with E-state index in [1.54, 1.807) is 45.9 Å². The minimum atomic E-state index is -0.716. The van der Waals surface area contributed by atoms with Gasteiger partial charge in [0.1, 0.15) is 5.92 Å². The lowest BCUT2D eigenvalue weighted by atomic mass is 9.75. The van der Waals surface area contributed by atoms with Crippen LogP contribution in [0.25, 0.3) is 0 Å². The van der Waals surface area contributed by atoms with E-state index < -0.39 is 23.8 Å². The van der Waals surface area contributed by atoms with Crippen LogP contribution in [0, 0.1) is 18.3 Å². The molecule has 0 N–H and O–H groups in total. The standard InChI is InChI=1S/C21H23NO4/c1-7-15-9-8-10-16(11-15)19-17(20(23)25-6)13(4)22-14(5)18(19)21(24)26-12(2)3/h1,8-12,17,19H,2-6H3. The average Bonchev–Trinajstić information content (AvgIpc) is 2.59.